The molecule has 1 unspecified atom stereocenters. The number of fused-ring (bicyclic) bond motifs is 1. The lowest BCUT2D eigenvalue weighted by atomic mass is 9.85. The van der Waals surface area contributed by atoms with Gasteiger partial charge in [0, 0.05) is 33.3 Å². The molecule has 43 heavy (non-hydrogen) atoms. The molecule has 230 valence electrons. The molecule has 2 heterocycles. The molecule has 1 fully saturated rings. The van der Waals surface area contributed by atoms with Crippen LogP contribution in [0.2, 0.25) is 5.02 Å². The van der Waals surface area contributed by atoms with Gasteiger partial charge in [0.1, 0.15) is 24.6 Å². The highest BCUT2D eigenvalue weighted by molar-refractivity contribution is 6.33. The van der Waals surface area contributed by atoms with Gasteiger partial charge in [-0.25, -0.2) is 0 Å². The van der Waals surface area contributed by atoms with E-state index in [0.717, 1.165) is 22.3 Å². The van der Waals surface area contributed by atoms with E-state index in [2.05, 4.69) is 6.58 Å². The number of carbonyl (C=O) groups excluding carboxylic acids is 4. The number of carbonyl (C=O) groups is 4. The molecule has 2 aromatic carbocycles. The van der Waals surface area contributed by atoms with Crippen LogP contribution in [0.15, 0.2) is 36.9 Å². The van der Waals surface area contributed by atoms with Crippen LogP contribution in [0.1, 0.15) is 68.0 Å². The summed E-state index contributed by atoms with van der Waals surface area (Å²) in [6.45, 7) is 8.76. The largest absolute Gasteiger partial charge is 0.492 e. The molecule has 5 atom stereocenters. The molecule has 0 spiro atoms. The zero-order chi connectivity index (χ0) is 31.3. The number of ether oxygens (including phenoxy) is 6. The van der Waals surface area contributed by atoms with E-state index in [1.807, 2.05) is 30.3 Å². The Morgan fingerprint density at radius 3 is 2.16 bits per heavy atom. The van der Waals surface area contributed by atoms with Gasteiger partial charge in [-0.2, -0.15) is 0 Å². The second kappa shape index (κ2) is 14.1. The molecule has 4 rings (SSSR count). The lowest BCUT2D eigenvalue weighted by Crippen LogP contribution is -2.59. The number of esters is 4. The molecular formula is C32H35ClO10. The Balaban J connectivity index is 1.87. The second-order valence-electron chi connectivity index (χ2n) is 10.4. The number of halogens is 1. The summed E-state index contributed by atoms with van der Waals surface area (Å²) < 4.78 is 34.7. The first-order valence-corrected chi connectivity index (χ1v) is 14.3. The summed E-state index contributed by atoms with van der Waals surface area (Å²) in [6, 6.07) is 9.72. The van der Waals surface area contributed by atoms with E-state index in [9.17, 15) is 19.2 Å². The van der Waals surface area contributed by atoms with Crippen LogP contribution in [-0.4, -0.2) is 61.5 Å². The monoisotopic (exact) mass is 614 g/mol. The topological polar surface area (TPSA) is 124 Å². The van der Waals surface area contributed by atoms with E-state index in [1.165, 1.54) is 27.7 Å². The normalized spacial score (nSPS) is 22.8. The summed E-state index contributed by atoms with van der Waals surface area (Å²) in [6.07, 6.45) is -2.37. The van der Waals surface area contributed by atoms with Crippen molar-refractivity contribution in [3.63, 3.8) is 0 Å². The van der Waals surface area contributed by atoms with E-state index in [-0.39, 0.29) is 6.61 Å². The predicted octanol–water partition coefficient (Wildman–Crippen LogP) is 4.70. The zero-order valence-corrected chi connectivity index (χ0v) is 25.3. The van der Waals surface area contributed by atoms with Gasteiger partial charge >= 0.3 is 23.9 Å². The van der Waals surface area contributed by atoms with E-state index >= 15 is 0 Å². The SMILES string of the molecule is C=Cc1ccc(Cc2cc([C@@H]3OC(COC(C)=O)[C@@H](OC(C)=O)[C@H](OC(C)=O)[C@H]3OC(C)=O)c3c(c2Cl)OCCC3)cc1. The fraction of sp³-hybridized carbons (Fsp3) is 0.438. The van der Waals surface area contributed by atoms with Crippen molar-refractivity contribution in [2.24, 2.45) is 0 Å². The van der Waals surface area contributed by atoms with Crippen molar-refractivity contribution in [1.29, 1.82) is 0 Å². The molecule has 0 amide bonds. The maximum absolute atomic E-state index is 12.4. The average Bonchev–Trinajstić information content (AvgIpc) is 2.95. The van der Waals surface area contributed by atoms with Gasteiger partial charge < -0.3 is 28.4 Å². The number of hydrogen-bond donors (Lipinski definition) is 0. The summed E-state index contributed by atoms with van der Waals surface area (Å²) in [5.41, 5.74) is 4.05. The van der Waals surface area contributed by atoms with E-state index in [4.69, 9.17) is 40.0 Å². The van der Waals surface area contributed by atoms with Gasteiger partial charge in [0.15, 0.2) is 18.3 Å². The standard InChI is InChI=1S/C32H35ClO10/c1-6-21-9-11-22(12-10-21)14-23-15-25(24-8-7-13-38-28(24)27(23)33)29-31(41-19(4)36)32(42-20(5)37)30(40-18(3)35)26(43-29)16-39-17(2)34/h6,9-12,15,26,29-32H,1,7-8,13-14,16H2,2-5H3/t26?,29-,30+,31-,32-/m0/s1. The highest BCUT2D eigenvalue weighted by Crippen LogP contribution is 2.46. The third-order valence-electron chi connectivity index (χ3n) is 7.16. The molecule has 1 saturated heterocycles. The van der Waals surface area contributed by atoms with Crippen molar-refractivity contribution in [2.45, 2.75) is 77.5 Å². The maximum Gasteiger partial charge on any atom is 0.303 e. The molecule has 0 saturated carbocycles. The van der Waals surface area contributed by atoms with Crippen LogP contribution in [0.4, 0.5) is 0 Å². The van der Waals surface area contributed by atoms with Crippen molar-refractivity contribution in [2.75, 3.05) is 13.2 Å². The molecule has 11 heteroatoms. The van der Waals surface area contributed by atoms with Gasteiger partial charge in [0.2, 0.25) is 0 Å². The first-order chi connectivity index (χ1) is 20.5. The molecular weight excluding hydrogens is 580 g/mol. The fourth-order valence-corrected chi connectivity index (χ4v) is 5.72. The van der Waals surface area contributed by atoms with Crippen LogP contribution in [0.25, 0.3) is 6.08 Å². The summed E-state index contributed by atoms with van der Waals surface area (Å²) >= 11 is 6.91. The minimum absolute atomic E-state index is 0.316. The zero-order valence-electron chi connectivity index (χ0n) is 24.6. The second-order valence-corrected chi connectivity index (χ2v) is 10.8. The molecule has 0 aromatic heterocycles. The Kier molecular flexibility index (Phi) is 10.5. The first kappa shape index (κ1) is 32.0. The fourth-order valence-electron chi connectivity index (χ4n) is 5.43. The minimum atomic E-state index is -1.28. The van der Waals surface area contributed by atoms with Crippen molar-refractivity contribution in [3.05, 3.63) is 69.8 Å². The van der Waals surface area contributed by atoms with Crippen LogP contribution in [-0.2, 0) is 55.7 Å². The molecule has 2 aliphatic rings. The van der Waals surface area contributed by atoms with Crippen LogP contribution < -0.4 is 4.74 Å². The Bertz CT molecular complexity index is 1390. The summed E-state index contributed by atoms with van der Waals surface area (Å²) in [5.74, 6) is -2.15. The predicted molar refractivity (Wildman–Crippen MR) is 156 cm³/mol. The first-order valence-electron chi connectivity index (χ1n) is 14.0. The highest BCUT2D eigenvalue weighted by Gasteiger charge is 2.53. The van der Waals surface area contributed by atoms with Crippen LogP contribution in [0.3, 0.4) is 0 Å². The highest BCUT2D eigenvalue weighted by atomic mass is 35.5. The van der Waals surface area contributed by atoms with Gasteiger partial charge in [0.25, 0.3) is 0 Å². The van der Waals surface area contributed by atoms with Crippen molar-refractivity contribution < 1.29 is 47.6 Å². The van der Waals surface area contributed by atoms with Crippen molar-refractivity contribution in [1.82, 2.24) is 0 Å². The Morgan fingerprint density at radius 2 is 1.56 bits per heavy atom. The van der Waals surface area contributed by atoms with Gasteiger partial charge in [-0.3, -0.25) is 19.2 Å². The average molecular weight is 615 g/mol. The third kappa shape index (κ3) is 7.74. The molecule has 0 bridgehead atoms. The van der Waals surface area contributed by atoms with E-state index < -0.39 is 54.4 Å². The van der Waals surface area contributed by atoms with E-state index in [1.54, 1.807) is 6.08 Å². The third-order valence-corrected chi connectivity index (χ3v) is 7.57. The summed E-state index contributed by atoms with van der Waals surface area (Å²) in [5, 5.41) is 0.455. The molecule has 10 nitrogen and oxygen atoms in total. The van der Waals surface area contributed by atoms with Crippen LogP contribution >= 0.6 is 11.6 Å². The van der Waals surface area contributed by atoms with Gasteiger partial charge in [0.05, 0.1) is 11.6 Å². The molecule has 0 radical (unpaired) electrons. The summed E-state index contributed by atoms with van der Waals surface area (Å²) in [7, 11) is 0. The van der Waals surface area contributed by atoms with Crippen LogP contribution in [0.5, 0.6) is 5.75 Å². The van der Waals surface area contributed by atoms with Gasteiger partial charge in [-0.15, -0.1) is 0 Å². The lowest BCUT2D eigenvalue weighted by Gasteiger charge is -2.45. The van der Waals surface area contributed by atoms with Gasteiger partial charge in [-0.1, -0.05) is 54.6 Å². The Morgan fingerprint density at radius 1 is 0.930 bits per heavy atom. The molecule has 2 aliphatic heterocycles. The maximum atomic E-state index is 12.4. The van der Waals surface area contributed by atoms with Crippen LogP contribution in [0, 0.1) is 0 Å². The molecule has 0 N–H and O–H groups in total. The minimum Gasteiger partial charge on any atom is -0.492 e. The number of rotatable bonds is 9. The number of benzene rings is 2. The molecule has 2 aromatic rings. The van der Waals surface area contributed by atoms with Gasteiger partial charge in [-0.05, 0) is 41.5 Å². The van der Waals surface area contributed by atoms with Crippen molar-refractivity contribution in [3.8, 4) is 5.75 Å². The van der Waals surface area contributed by atoms with Crippen molar-refractivity contribution >= 4 is 41.6 Å². The van der Waals surface area contributed by atoms with E-state index in [0.29, 0.717) is 42.2 Å². The smallest absolute Gasteiger partial charge is 0.303 e. The lowest BCUT2D eigenvalue weighted by molar-refractivity contribution is -0.254. The Labute approximate surface area is 255 Å². The summed E-state index contributed by atoms with van der Waals surface area (Å²) in [4.78, 5) is 48.6. The molecule has 0 aliphatic carbocycles. The quantitative estimate of drug-likeness (QED) is 0.290. The number of hydrogen-bond acceptors (Lipinski definition) is 10. The Hall–Kier alpha value is -3.89.